The molecule has 1 saturated heterocycles. The van der Waals surface area contributed by atoms with Crippen molar-refractivity contribution < 1.29 is 37.5 Å². The highest BCUT2D eigenvalue weighted by Gasteiger charge is 2.52. The summed E-state index contributed by atoms with van der Waals surface area (Å²) in [6.07, 6.45) is 14.5. The van der Waals surface area contributed by atoms with Crippen LogP contribution in [0.1, 0.15) is 154 Å². The average molecular weight is 1030 g/mol. The number of aromatic nitrogens is 2. The number of amides is 1. The Bertz CT molecular complexity index is 2280. The Morgan fingerprint density at radius 2 is 1.30 bits per heavy atom. The predicted molar refractivity (Wildman–Crippen MR) is 287 cm³/mol. The molecular weight excluding hydrogens is 946 g/mol. The van der Waals surface area contributed by atoms with E-state index < -0.39 is 49.9 Å². The molecule has 1 aromatic heterocycles. The third-order valence-electron chi connectivity index (χ3n) is 13.2. The van der Waals surface area contributed by atoms with Crippen molar-refractivity contribution >= 4 is 14.4 Å². The molecule has 400 valence electrons. The largest absolute Gasteiger partial charge is 0.497 e. The molecule has 5 atom stereocenters. The maximum atomic E-state index is 13.7. The Balaban J connectivity index is 1.44. The van der Waals surface area contributed by atoms with Crippen LogP contribution in [0.2, 0.25) is 0 Å². The number of carbonyl (C=O) groups is 1. The van der Waals surface area contributed by atoms with Gasteiger partial charge in [0.05, 0.1) is 39.9 Å². The quantitative estimate of drug-likeness (QED) is 0.0254. The molecule has 16 heteroatoms. The van der Waals surface area contributed by atoms with Crippen LogP contribution < -0.4 is 26.0 Å². The Labute approximate surface area is 435 Å². The summed E-state index contributed by atoms with van der Waals surface area (Å²) < 4.78 is 48.9. The second-order valence-electron chi connectivity index (χ2n) is 19.2. The Morgan fingerprint density at radius 3 is 1.81 bits per heavy atom. The smallest absolute Gasteiger partial charge is 0.330 e. The minimum absolute atomic E-state index is 0.0567. The number of aromatic amines is 1. The molecule has 0 spiro atoms. The predicted octanol–water partition coefficient (Wildman–Crippen LogP) is 11.1. The fourth-order valence-corrected chi connectivity index (χ4v) is 11.2. The molecule has 1 unspecified atom stereocenters. The Hall–Kier alpha value is -4.91. The van der Waals surface area contributed by atoms with Gasteiger partial charge in [-0.05, 0) is 75.1 Å². The Kier molecular flexibility index (Phi) is 25.6. The van der Waals surface area contributed by atoms with Crippen LogP contribution in [-0.2, 0) is 33.7 Å². The number of nitriles is 1. The van der Waals surface area contributed by atoms with Crippen molar-refractivity contribution in [1.29, 1.82) is 5.26 Å². The van der Waals surface area contributed by atoms with Crippen molar-refractivity contribution in [3.8, 4) is 17.6 Å². The van der Waals surface area contributed by atoms with Crippen LogP contribution in [0.25, 0.3) is 0 Å². The van der Waals surface area contributed by atoms with Gasteiger partial charge in [-0.2, -0.15) is 5.26 Å². The van der Waals surface area contributed by atoms with Crippen LogP contribution in [0.4, 0.5) is 0 Å². The molecular formula is C57H82N5O10P. The number of methoxy groups -OCH3 is 2. The summed E-state index contributed by atoms with van der Waals surface area (Å²) in [6, 6.07) is 28.4. The van der Waals surface area contributed by atoms with Gasteiger partial charge < -0.3 is 38.0 Å². The molecule has 0 aliphatic carbocycles. The third-order valence-corrected chi connectivity index (χ3v) is 15.3. The Morgan fingerprint density at radius 1 is 0.767 bits per heavy atom. The van der Waals surface area contributed by atoms with Gasteiger partial charge in [0, 0.05) is 30.9 Å². The summed E-state index contributed by atoms with van der Waals surface area (Å²) >= 11 is 0. The van der Waals surface area contributed by atoms with E-state index in [9.17, 15) is 19.6 Å². The number of carbonyl (C=O) groups excluding carboxylic acids is 1. The summed E-state index contributed by atoms with van der Waals surface area (Å²) in [7, 11) is 1.31. The number of rotatable bonds is 35. The first-order valence-corrected chi connectivity index (χ1v) is 27.7. The van der Waals surface area contributed by atoms with E-state index in [0.717, 1.165) is 36.0 Å². The zero-order valence-electron chi connectivity index (χ0n) is 44.4. The van der Waals surface area contributed by atoms with Gasteiger partial charge in [0.2, 0.25) is 5.91 Å². The lowest BCUT2D eigenvalue weighted by molar-refractivity contribution is -0.132. The first-order chi connectivity index (χ1) is 35.5. The zero-order valence-corrected chi connectivity index (χ0v) is 45.3. The second kappa shape index (κ2) is 31.7. The van der Waals surface area contributed by atoms with Gasteiger partial charge in [-0.3, -0.25) is 19.1 Å². The lowest BCUT2D eigenvalue weighted by Gasteiger charge is -2.39. The van der Waals surface area contributed by atoms with E-state index in [1.165, 1.54) is 87.5 Å². The molecule has 73 heavy (non-hydrogen) atoms. The highest BCUT2D eigenvalue weighted by Crippen LogP contribution is 2.51. The number of H-pyrrole nitrogens is 1. The molecule has 2 heterocycles. The molecule has 1 aliphatic heterocycles. The molecule has 0 saturated carbocycles. The van der Waals surface area contributed by atoms with Crippen molar-refractivity contribution in [3.63, 3.8) is 0 Å². The molecule has 1 aliphatic rings. The van der Waals surface area contributed by atoms with E-state index in [2.05, 4.69) is 28.0 Å². The molecule has 5 rings (SSSR count). The molecule has 1 amide bonds. The number of unbranched alkanes of at least 4 members (excludes halogenated alkanes) is 13. The van der Waals surface area contributed by atoms with Gasteiger partial charge in [-0.15, -0.1) is 0 Å². The SMILES string of the molecule is CCCCCCCCCCCCCCCCNC(=O)CO[C@@H]1[C@H](OP(OCCC#N)N(C(C)C)C(C)C)[C@@H](COC(c2ccccc2)(c2ccc(OC)cc2)c2ccc(OC)cc2)O[C@H]1n1ccc(=O)[nH]c1=O. The maximum absolute atomic E-state index is 13.7. The van der Waals surface area contributed by atoms with E-state index in [4.69, 9.17) is 32.7 Å². The van der Waals surface area contributed by atoms with Crippen LogP contribution in [0.15, 0.2) is 101 Å². The molecule has 0 radical (unpaired) electrons. The van der Waals surface area contributed by atoms with Gasteiger partial charge in [0.1, 0.15) is 42.0 Å². The third kappa shape index (κ3) is 17.6. The molecule has 3 aromatic carbocycles. The first-order valence-electron chi connectivity index (χ1n) is 26.6. The summed E-state index contributed by atoms with van der Waals surface area (Å²) in [5, 5.41) is 12.6. The van der Waals surface area contributed by atoms with E-state index >= 15 is 0 Å². The van der Waals surface area contributed by atoms with Crippen LogP contribution in [0.3, 0.4) is 0 Å². The number of ether oxygens (including phenoxy) is 5. The monoisotopic (exact) mass is 1030 g/mol. The number of nitrogens with zero attached hydrogens (tertiary/aromatic N) is 3. The zero-order chi connectivity index (χ0) is 52.4. The molecule has 0 bridgehead atoms. The average Bonchev–Trinajstić information content (AvgIpc) is 3.73. The van der Waals surface area contributed by atoms with Crippen LogP contribution in [0.5, 0.6) is 11.5 Å². The minimum Gasteiger partial charge on any atom is -0.497 e. The normalized spacial score (nSPS) is 17.3. The second-order valence-corrected chi connectivity index (χ2v) is 20.6. The fourth-order valence-electron chi connectivity index (χ4n) is 9.45. The number of benzene rings is 3. The molecule has 2 N–H and O–H groups in total. The molecule has 4 aromatic rings. The first kappa shape index (κ1) is 59.0. The van der Waals surface area contributed by atoms with Gasteiger partial charge in [-0.1, -0.05) is 145 Å². The summed E-state index contributed by atoms with van der Waals surface area (Å²) in [6.45, 7) is 10.5. The molecule has 15 nitrogen and oxygen atoms in total. The van der Waals surface area contributed by atoms with E-state index in [0.29, 0.717) is 18.0 Å². The van der Waals surface area contributed by atoms with Crippen LogP contribution in [0, 0.1) is 11.3 Å². The van der Waals surface area contributed by atoms with Crippen molar-refractivity contribution in [3.05, 3.63) is 129 Å². The van der Waals surface area contributed by atoms with Gasteiger partial charge in [0.25, 0.3) is 14.1 Å². The lowest BCUT2D eigenvalue weighted by Crippen LogP contribution is -2.44. The van der Waals surface area contributed by atoms with E-state index in [1.54, 1.807) is 14.2 Å². The van der Waals surface area contributed by atoms with Gasteiger partial charge >= 0.3 is 5.69 Å². The fraction of sp³-hybridized carbons (Fsp3) is 0.579. The number of nitrogens with one attached hydrogen (secondary N) is 2. The molecule has 1 fully saturated rings. The van der Waals surface area contributed by atoms with Gasteiger partial charge in [-0.25, -0.2) is 9.46 Å². The minimum atomic E-state index is -1.92. The summed E-state index contributed by atoms with van der Waals surface area (Å²) in [5.41, 5.74) is -0.208. The maximum Gasteiger partial charge on any atom is 0.330 e. The van der Waals surface area contributed by atoms with E-state index in [-0.39, 0.29) is 44.2 Å². The standard InChI is InChI=1S/C57H82N5O10P/c1-8-9-10-11-12-13-14-15-16-17-18-19-20-24-38-59-52(64)42-68-54-53(72-73(70-40-25-37-58)62(43(2)3)44(4)5)50(71-55(54)61-39-36-51(63)60-56(61)65)41-69-57(45-26-22-21-23-27-45,46-28-32-48(66-6)33-29-46)47-30-34-49(67-7)35-31-47/h21-23,26-36,39,43-44,50,53-55H,8-20,24-25,38,40-42H2,1-7H3,(H,59,64)(H,60,63,65)/t50-,53-,54-,55-,73?/m1/s1. The van der Waals surface area contributed by atoms with Crippen molar-refractivity contribution in [2.24, 2.45) is 0 Å². The van der Waals surface area contributed by atoms with Crippen molar-refractivity contribution in [2.45, 2.75) is 173 Å². The highest BCUT2D eigenvalue weighted by molar-refractivity contribution is 7.44. The van der Waals surface area contributed by atoms with Crippen molar-refractivity contribution in [1.82, 2.24) is 19.5 Å². The number of hydrogen-bond donors (Lipinski definition) is 2. The van der Waals surface area contributed by atoms with Crippen LogP contribution >= 0.6 is 8.53 Å². The van der Waals surface area contributed by atoms with E-state index in [1.807, 2.05) is 107 Å². The van der Waals surface area contributed by atoms with Crippen LogP contribution in [-0.4, -0.2) is 91.1 Å². The van der Waals surface area contributed by atoms with Gasteiger partial charge in [0.15, 0.2) is 6.23 Å². The lowest BCUT2D eigenvalue weighted by atomic mass is 9.80. The highest BCUT2D eigenvalue weighted by atomic mass is 31.2. The number of hydrogen-bond acceptors (Lipinski definition) is 12. The topological polar surface area (TPSA) is 176 Å². The summed E-state index contributed by atoms with van der Waals surface area (Å²) in [5.74, 6) is 0.993. The summed E-state index contributed by atoms with van der Waals surface area (Å²) in [4.78, 5) is 42.1. The van der Waals surface area contributed by atoms with Crippen molar-refractivity contribution in [2.75, 3.05) is 40.6 Å².